The molecule has 0 aliphatic carbocycles. The maximum Gasteiger partial charge on any atom is 0.416 e. The largest absolute Gasteiger partial charge is 0.416 e. The van der Waals surface area contributed by atoms with Crippen LogP contribution in [0.15, 0.2) is 166 Å². The summed E-state index contributed by atoms with van der Waals surface area (Å²) in [6.45, 7) is 13.6. The zero-order valence-corrected chi connectivity index (χ0v) is 44.8. The molecule has 0 saturated heterocycles. The third-order valence-corrected chi connectivity index (χ3v) is 15.6. The van der Waals surface area contributed by atoms with Crippen LogP contribution in [0.25, 0.3) is 0 Å². The number of hydrogen-bond acceptors (Lipinski definition) is 0. The summed E-state index contributed by atoms with van der Waals surface area (Å²) in [5.41, 5.74) is -27.1. The molecule has 7 rings (SSSR count). The summed E-state index contributed by atoms with van der Waals surface area (Å²) in [6, 6.07) is 20.5. The van der Waals surface area contributed by atoms with Crippen molar-refractivity contribution >= 4 is 38.9 Å². The summed E-state index contributed by atoms with van der Waals surface area (Å²) in [5, 5.41) is 0. The molecule has 0 aliphatic heterocycles. The summed E-state index contributed by atoms with van der Waals surface area (Å²) < 4.78 is 341. The highest BCUT2D eigenvalue weighted by molar-refractivity contribution is 7.97. The van der Waals surface area contributed by atoms with Crippen molar-refractivity contribution in [1.82, 2.24) is 0 Å². The Balaban J connectivity index is 0.000000347. The average molecular weight is 1240 g/mol. The molecule has 0 fully saturated rings. The van der Waals surface area contributed by atoms with Crippen LogP contribution in [0.1, 0.15) is 97.2 Å². The number of alkyl halides is 24. The number of benzene rings is 7. The van der Waals surface area contributed by atoms with Crippen molar-refractivity contribution in [2.24, 2.45) is 0 Å². The van der Waals surface area contributed by atoms with Gasteiger partial charge in [-0.2, -0.15) is 127 Å². The molecule has 7 aromatic carbocycles. The van der Waals surface area contributed by atoms with Crippen LogP contribution < -0.4 is 21.9 Å². The third-order valence-electron chi connectivity index (χ3n) is 13.3. The van der Waals surface area contributed by atoms with E-state index in [2.05, 4.69) is 120 Å². The lowest BCUT2D eigenvalue weighted by Crippen LogP contribution is -2.75. The van der Waals surface area contributed by atoms with Gasteiger partial charge in [-0.25, -0.2) is 0 Å². The molecule has 0 radical (unpaired) electrons. The monoisotopic (exact) mass is 1240 g/mol. The van der Waals surface area contributed by atoms with E-state index in [1.54, 1.807) is 0 Å². The van der Waals surface area contributed by atoms with E-state index in [0.717, 1.165) is 0 Å². The van der Waals surface area contributed by atoms with E-state index in [9.17, 15) is 105 Å². The Hall–Kier alpha value is -6.73. The first-order valence-electron chi connectivity index (χ1n) is 24.3. The molecular weight excluding hydrogens is 1200 g/mol. The zero-order chi connectivity index (χ0) is 63.6. The molecule has 0 aliphatic rings. The number of hydrogen-bond donors (Lipinski definition) is 0. The van der Waals surface area contributed by atoms with Gasteiger partial charge in [0, 0.05) is 0 Å². The predicted molar refractivity (Wildman–Crippen MR) is 269 cm³/mol. The van der Waals surface area contributed by atoms with Gasteiger partial charge in [-0.15, -0.1) is 0 Å². The molecule has 84 heavy (non-hydrogen) atoms. The van der Waals surface area contributed by atoms with Gasteiger partial charge in [-0.3, -0.25) is 0 Å². The van der Waals surface area contributed by atoms with Crippen molar-refractivity contribution in [2.45, 2.75) is 116 Å². The number of rotatable bonds is 7. The van der Waals surface area contributed by atoms with Gasteiger partial charge in [-0.05, 0) is 82.6 Å². The Bertz CT molecular complexity index is 2940. The minimum Gasteiger partial charge on any atom is -0.194 e. The van der Waals surface area contributed by atoms with E-state index >= 15 is 0 Å². The first-order valence-corrected chi connectivity index (χ1v) is 25.5. The molecule has 0 nitrogen and oxygen atoms in total. The lowest BCUT2D eigenvalue weighted by atomic mass is 9.12. The smallest absolute Gasteiger partial charge is 0.194 e. The van der Waals surface area contributed by atoms with Crippen LogP contribution in [-0.4, -0.2) is 6.15 Å². The molecular formula is C58H43BF24S. The van der Waals surface area contributed by atoms with Crippen molar-refractivity contribution in [3.8, 4) is 0 Å². The summed E-state index contributed by atoms with van der Waals surface area (Å²) in [5.74, 6) is 0. The highest BCUT2D eigenvalue weighted by atomic mass is 32.2. The maximum atomic E-state index is 14.2. The molecule has 0 amide bonds. The molecule has 7 aromatic rings. The van der Waals surface area contributed by atoms with Crippen LogP contribution >= 0.6 is 0 Å². The van der Waals surface area contributed by atoms with Crippen molar-refractivity contribution in [1.29, 1.82) is 0 Å². The Morgan fingerprint density at radius 2 is 0.405 bits per heavy atom. The van der Waals surface area contributed by atoms with E-state index in [1.807, 2.05) is 0 Å². The van der Waals surface area contributed by atoms with E-state index in [4.69, 9.17) is 0 Å². The fraction of sp³-hybridized carbons (Fsp3) is 0.276. The molecule has 0 N–H and O–H groups in total. The molecule has 0 atom stereocenters. The van der Waals surface area contributed by atoms with E-state index < -0.39 is 195 Å². The van der Waals surface area contributed by atoms with E-state index in [0.29, 0.717) is 0 Å². The minimum atomic E-state index is -6.13. The predicted octanol–water partition coefficient (Wildman–Crippen LogP) is 18.6. The third kappa shape index (κ3) is 15.2. The van der Waals surface area contributed by atoms with Crippen molar-refractivity contribution in [3.05, 3.63) is 207 Å². The average Bonchev–Trinajstić information content (AvgIpc) is 0.736. The Labute approximate surface area is 466 Å². The van der Waals surface area contributed by atoms with Crippen LogP contribution in [0.3, 0.4) is 0 Å². The minimum absolute atomic E-state index is 0.0847. The molecule has 0 heterocycles. The van der Waals surface area contributed by atoms with Gasteiger partial charge in [0.25, 0.3) is 0 Å². The standard InChI is InChI=1S/C32H12BF24.C26H31S/c34-25(35,36)13-1-14(26(37,38)39)6-21(5-13)33(22-7-15(27(40,41)42)2-16(8-22)28(43,44)45,23-9-17(29(46,47)48)3-18(10-23)30(49,50)51)24-11-19(31(52,53)54)4-20(12-24)32(55,56)57;1-25(2,3)20-12-16-23(17-13-20)27(22-10-8-7-9-11-22)24-18-14-21(15-19-24)26(4,5)6/h1-12H;7-19H,1-6H3/q-1;+1. The van der Waals surface area contributed by atoms with Gasteiger partial charge in [0.05, 0.1) is 55.4 Å². The zero-order valence-electron chi connectivity index (χ0n) is 44.0. The van der Waals surface area contributed by atoms with Crippen molar-refractivity contribution in [3.63, 3.8) is 0 Å². The first-order chi connectivity index (χ1) is 37.9. The van der Waals surface area contributed by atoms with Crippen LogP contribution in [0.4, 0.5) is 105 Å². The molecule has 0 saturated carbocycles. The summed E-state index contributed by atoms with van der Waals surface area (Å²) in [7, 11) is -0.0847. The molecule has 452 valence electrons. The fourth-order valence-corrected chi connectivity index (χ4v) is 11.3. The van der Waals surface area contributed by atoms with Crippen LogP contribution in [0.2, 0.25) is 0 Å². The normalized spacial score (nSPS) is 13.7. The van der Waals surface area contributed by atoms with Gasteiger partial charge in [-0.1, -0.05) is 133 Å². The van der Waals surface area contributed by atoms with E-state index in [1.165, 1.54) is 25.8 Å². The Kier molecular flexibility index (Phi) is 17.9. The van der Waals surface area contributed by atoms with Crippen LogP contribution in [0, 0.1) is 0 Å². The Morgan fingerprint density at radius 1 is 0.226 bits per heavy atom. The second-order valence-corrected chi connectivity index (χ2v) is 23.4. The topological polar surface area (TPSA) is 0 Å². The highest BCUT2D eigenvalue weighted by Crippen LogP contribution is 2.42. The van der Waals surface area contributed by atoms with Gasteiger partial charge in [0.1, 0.15) is 6.15 Å². The van der Waals surface area contributed by atoms with Gasteiger partial charge >= 0.3 is 49.4 Å². The molecule has 0 aromatic heterocycles. The fourth-order valence-electron chi connectivity index (χ4n) is 9.22. The first kappa shape index (κ1) is 66.4. The van der Waals surface area contributed by atoms with E-state index in [-0.39, 0.29) is 21.7 Å². The summed E-state index contributed by atoms with van der Waals surface area (Å²) >= 11 is 0. The van der Waals surface area contributed by atoms with Crippen LogP contribution in [0.5, 0.6) is 0 Å². The molecule has 0 bridgehead atoms. The Morgan fingerprint density at radius 3 is 0.571 bits per heavy atom. The summed E-state index contributed by atoms with van der Waals surface area (Å²) in [4.78, 5) is 4.11. The lowest BCUT2D eigenvalue weighted by molar-refractivity contribution is -0.144. The number of halogens is 24. The van der Waals surface area contributed by atoms with Crippen molar-refractivity contribution in [2.75, 3.05) is 0 Å². The van der Waals surface area contributed by atoms with Gasteiger partial charge < -0.3 is 0 Å². The maximum absolute atomic E-state index is 14.2. The molecule has 0 spiro atoms. The SMILES string of the molecule is CC(C)(C)c1ccc([S+](c2ccccc2)c2ccc(C(C)(C)C)cc2)cc1.FC(F)(F)c1cc([B-](c2cc(C(F)(F)F)cc(C(F)(F)F)c2)(c2cc(C(F)(F)F)cc(C(F)(F)F)c2)c2cc(C(F)(F)F)cc(C(F)(F)F)c2)cc(C(F)(F)F)c1. The van der Waals surface area contributed by atoms with Crippen molar-refractivity contribution < 1.29 is 105 Å². The van der Waals surface area contributed by atoms with Crippen LogP contribution in [-0.2, 0) is 71.1 Å². The highest BCUT2D eigenvalue weighted by Gasteiger charge is 2.47. The second kappa shape index (κ2) is 22.6. The molecule has 26 heteroatoms. The lowest BCUT2D eigenvalue weighted by Gasteiger charge is -2.46. The second-order valence-electron chi connectivity index (χ2n) is 21.4. The van der Waals surface area contributed by atoms with Gasteiger partial charge in [0.2, 0.25) is 0 Å². The molecule has 0 unspecified atom stereocenters. The summed E-state index contributed by atoms with van der Waals surface area (Å²) in [6.07, 6.45) is -54.8. The quantitative estimate of drug-likeness (QED) is 0.0848. The van der Waals surface area contributed by atoms with Gasteiger partial charge in [0.15, 0.2) is 14.7 Å².